The maximum Gasteiger partial charge on any atom is 0.592 e. The molecule has 0 fully saturated rings. The molecular formula is C48H50NO11P. The standard InChI is InChI=1S/C48H50NO11P/c1-2-3-4-5-6-11-20-37-29-31-38(32-30-37)33-34-48(35-56-43(50)39-21-12-7-13-22-39,49-47(54)58-44(51)40-23-14-8-15-24-40)36-57-61(55,59-45(52)41-25-16-9-17-26-41)60-46(53)42-27-18-10-19-28-42/h7-10,12-19,21-32H,2-6,11,20,33-36H2,1H3,(H,49,54). The summed E-state index contributed by atoms with van der Waals surface area (Å²) in [5.74, 6) is -4.01. The minimum absolute atomic E-state index is 0.0220. The van der Waals surface area contributed by atoms with Crippen LogP contribution in [0.1, 0.15) is 104 Å². The summed E-state index contributed by atoms with van der Waals surface area (Å²) in [5, 5.41) is 2.62. The SMILES string of the molecule is CCCCCCCCc1ccc(CCC(COC(=O)c2ccccc2)(COP(=O)(OC(=O)c2ccccc2)OC(=O)c2ccccc2)NC(=O)OC(=O)c2ccccc2)cc1. The number of nitrogens with one attached hydrogen (secondary N) is 1. The molecule has 1 amide bonds. The second-order valence-corrected chi connectivity index (χ2v) is 16.0. The van der Waals surface area contributed by atoms with Gasteiger partial charge in [0.1, 0.15) is 12.1 Å². The van der Waals surface area contributed by atoms with Crippen LogP contribution in [0.4, 0.5) is 4.79 Å². The van der Waals surface area contributed by atoms with Crippen LogP contribution in [0.25, 0.3) is 0 Å². The molecule has 0 aromatic heterocycles. The summed E-state index contributed by atoms with van der Waals surface area (Å²) in [6.07, 6.45) is 6.88. The Bertz CT molecular complexity index is 2160. The molecule has 1 unspecified atom stereocenters. The number of hydrogen-bond donors (Lipinski definition) is 1. The van der Waals surface area contributed by atoms with Crippen LogP contribution in [0.2, 0.25) is 0 Å². The van der Waals surface area contributed by atoms with E-state index in [1.54, 1.807) is 72.8 Å². The van der Waals surface area contributed by atoms with Gasteiger partial charge in [0.2, 0.25) is 0 Å². The number of amides is 1. The molecule has 61 heavy (non-hydrogen) atoms. The fraction of sp³-hybridized carbons (Fsp3) is 0.271. The number of aryl methyl sites for hydroxylation is 2. The summed E-state index contributed by atoms with van der Waals surface area (Å²) >= 11 is 0. The number of hydrogen-bond acceptors (Lipinski definition) is 11. The van der Waals surface area contributed by atoms with Gasteiger partial charge in [0.25, 0.3) is 0 Å². The van der Waals surface area contributed by atoms with Crippen molar-refractivity contribution in [3.63, 3.8) is 0 Å². The van der Waals surface area contributed by atoms with Crippen molar-refractivity contribution in [1.29, 1.82) is 0 Å². The van der Waals surface area contributed by atoms with Gasteiger partial charge in [0, 0.05) is 0 Å². The van der Waals surface area contributed by atoms with Gasteiger partial charge in [-0.05, 0) is 85.3 Å². The third kappa shape index (κ3) is 15.0. The van der Waals surface area contributed by atoms with Crippen molar-refractivity contribution in [3.8, 4) is 0 Å². The number of phosphoric acid groups is 1. The van der Waals surface area contributed by atoms with Gasteiger partial charge in [0.05, 0.1) is 28.9 Å². The molecule has 1 atom stereocenters. The lowest BCUT2D eigenvalue weighted by Gasteiger charge is -2.34. The summed E-state index contributed by atoms with van der Waals surface area (Å²) in [6, 6.07) is 39.0. The van der Waals surface area contributed by atoms with E-state index in [9.17, 15) is 28.5 Å². The molecule has 5 aromatic rings. The number of esters is 2. The van der Waals surface area contributed by atoms with E-state index < -0.39 is 56.5 Å². The van der Waals surface area contributed by atoms with Gasteiger partial charge in [0.15, 0.2) is 0 Å². The Morgan fingerprint density at radius 1 is 0.508 bits per heavy atom. The topological polar surface area (TPSA) is 161 Å². The van der Waals surface area contributed by atoms with Crippen LogP contribution in [0.5, 0.6) is 0 Å². The number of ether oxygens (including phenoxy) is 2. The van der Waals surface area contributed by atoms with E-state index in [2.05, 4.69) is 12.2 Å². The number of benzene rings is 5. The van der Waals surface area contributed by atoms with Crippen molar-refractivity contribution in [2.75, 3.05) is 13.2 Å². The molecule has 5 aromatic carbocycles. The normalized spacial score (nSPS) is 12.0. The summed E-state index contributed by atoms with van der Waals surface area (Å²) < 4.78 is 41.9. The summed E-state index contributed by atoms with van der Waals surface area (Å²) in [4.78, 5) is 66.7. The van der Waals surface area contributed by atoms with Crippen LogP contribution in [0.3, 0.4) is 0 Å². The smallest absolute Gasteiger partial charge is 0.460 e. The zero-order valence-electron chi connectivity index (χ0n) is 34.1. The Morgan fingerprint density at radius 3 is 1.43 bits per heavy atom. The molecule has 0 spiro atoms. The van der Waals surface area contributed by atoms with Gasteiger partial charge in [-0.2, -0.15) is 0 Å². The second kappa shape index (κ2) is 23.4. The van der Waals surface area contributed by atoms with E-state index in [-0.39, 0.29) is 35.1 Å². The van der Waals surface area contributed by atoms with E-state index in [1.807, 2.05) is 24.3 Å². The lowest BCUT2D eigenvalue weighted by molar-refractivity contribution is 0.0171. The van der Waals surface area contributed by atoms with Crippen LogP contribution in [-0.2, 0) is 40.5 Å². The average molecular weight is 848 g/mol. The van der Waals surface area contributed by atoms with Crippen molar-refractivity contribution < 1.29 is 51.6 Å². The minimum atomic E-state index is -5.20. The molecule has 318 valence electrons. The first kappa shape index (κ1) is 45.7. The maximum absolute atomic E-state index is 14.5. The maximum atomic E-state index is 14.5. The molecule has 0 saturated heterocycles. The van der Waals surface area contributed by atoms with Crippen LogP contribution in [0.15, 0.2) is 146 Å². The van der Waals surface area contributed by atoms with E-state index in [1.165, 1.54) is 74.2 Å². The van der Waals surface area contributed by atoms with E-state index in [4.69, 9.17) is 23.0 Å². The van der Waals surface area contributed by atoms with Gasteiger partial charge < -0.3 is 23.8 Å². The Balaban J connectivity index is 1.45. The van der Waals surface area contributed by atoms with E-state index in [0.29, 0.717) is 0 Å². The highest BCUT2D eigenvalue weighted by Crippen LogP contribution is 2.51. The molecule has 0 saturated carbocycles. The highest BCUT2D eigenvalue weighted by Gasteiger charge is 2.43. The number of alkyl carbamates (subject to hydrolysis) is 1. The van der Waals surface area contributed by atoms with E-state index >= 15 is 0 Å². The van der Waals surface area contributed by atoms with Crippen LogP contribution in [-0.4, -0.2) is 48.7 Å². The zero-order valence-corrected chi connectivity index (χ0v) is 35.0. The van der Waals surface area contributed by atoms with Crippen molar-refractivity contribution in [1.82, 2.24) is 5.32 Å². The van der Waals surface area contributed by atoms with E-state index in [0.717, 1.165) is 30.4 Å². The molecule has 0 radical (unpaired) electrons. The molecule has 0 aliphatic rings. The Morgan fingerprint density at radius 2 is 0.934 bits per heavy atom. The predicted molar refractivity (Wildman–Crippen MR) is 229 cm³/mol. The third-order valence-electron chi connectivity index (χ3n) is 9.69. The molecule has 0 bridgehead atoms. The number of phosphoric ester groups is 1. The summed E-state index contributed by atoms with van der Waals surface area (Å²) in [5.41, 5.74) is 0.380. The van der Waals surface area contributed by atoms with Crippen LogP contribution < -0.4 is 5.32 Å². The zero-order chi connectivity index (χ0) is 43.3. The first-order valence-electron chi connectivity index (χ1n) is 20.3. The first-order valence-corrected chi connectivity index (χ1v) is 21.7. The fourth-order valence-corrected chi connectivity index (χ4v) is 7.40. The van der Waals surface area contributed by atoms with Crippen LogP contribution in [0, 0.1) is 0 Å². The third-order valence-corrected chi connectivity index (χ3v) is 10.9. The highest BCUT2D eigenvalue weighted by molar-refractivity contribution is 7.49. The fourth-order valence-electron chi connectivity index (χ4n) is 6.24. The molecule has 1 N–H and O–H groups in total. The van der Waals surface area contributed by atoms with Gasteiger partial charge in [-0.3, -0.25) is 4.52 Å². The Kier molecular flexibility index (Phi) is 17.6. The Hall–Kier alpha value is -6.36. The van der Waals surface area contributed by atoms with Gasteiger partial charge in [-0.25, -0.2) is 28.5 Å². The molecular weight excluding hydrogens is 797 g/mol. The molecule has 0 aliphatic heterocycles. The average Bonchev–Trinajstić information content (AvgIpc) is 3.29. The highest BCUT2D eigenvalue weighted by atomic mass is 31.2. The van der Waals surface area contributed by atoms with Gasteiger partial charge in [-0.15, -0.1) is 0 Å². The predicted octanol–water partition coefficient (Wildman–Crippen LogP) is 10.5. The van der Waals surface area contributed by atoms with Crippen molar-refractivity contribution in [2.45, 2.75) is 70.3 Å². The summed E-state index contributed by atoms with van der Waals surface area (Å²) in [7, 11) is -5.20. The summed E-state index contributed by atoms with van der Waals surface area (Å²) in [6.45, 7) is 0.739. The number of carbonyl (C=O) groups excluding carboxylic acids is 5. The molecule has 0 heterocycles. The van der Waals surface area contributed by atoms with Gasteiger partial charge >= 0.3 is 37.8 Å². The quantitative estimate of drug-likeness (QED) is 0.0305. The number of unbranched alkanes of at least 4 members (excludes halogenated alkanes) is 5. The lowest BCUT2D eigenvalue weighted by Crippen LogP contribution is -2.56. The largest absolute Gasteiger partial charge is 0.592 e. The van der Waals surface area contributed by atoms with Crippen molar-refractivity contribution in [3.05, 3.63) is 179 Å². The first-order chi connectivity index (χ1) is 29.6. The molecule has 0 aliphatic carbocycles. The minimum Gasteiger partial charge on any atom is -0.460 e. The molecule has 5 rings (SSSR count). The second-order valence-electron chi connectivity index (χ2n) is 14.4. The number of rotatable bonds is 22. The Labute approximate surface area is 356 Å². The molecule has 12 nitrogen and oxygen atoms in total. The number of carbonyl (C=O) groups is 5. The lowest BCUT2D eigenvalue weighted by atomic mass is 9.92. The van der Waals surface area contributed by atoms with Crippen LogP contribution >= 0.6 is 7.82 Å². The molecule has 13 heteroatoms. The van der Waals surface area contributed by atoms with Gasteiger partial charge in [-0.1, -0.05) is 136 Å². The monoisotopic (exact) mass is 847 g/mol. The van der Waals surface area contributed by atoms with Crippen molar-refractivity contribution >= 4 is 37.8 Å². The van der Waals surface area contributed by atoms with Crippen molar-refractivity contribution in [2.24, 2.45) is 0 Å².